The largest absolute Gasteiger partial charge is 0.508 e. The third-order valence-corrected chi connectivity index (χ3v) is 4.53. The molecule has 2 aromatic carbocycles. The summed E-state index contributed by atoms with van der Waals surface area (Å²) >= 11 is 0. The smallest absolute Gasteiger partial charge is 0.254 e. The Labute approximate surface area is 136 Å². The maximum atomic E-state index is 12.8. The number of ether oxygens (including phenoxy) is 1. The molecule has 23 heavy (non-hydrogen) atoms. The summed E-state index contributed by atoms with van der Waals surface area (Å²) in [5.74, 6) is 0.104. The highest BCUT2D eigenvalue weighted by molar-refractivity contribution is 5.95. The van der Waals surface area contributed by atoms with Crippen LogP contribution in [0, 0.1) is 0 Å². The minimum absolute atomic E-state index is 0.0330. The number of amides is 1. The molecule has 0 aromatic heterocycles. The van der Waals surface area contributed by atoms with Crippen molar-refractivity contribution in [1.29, 1.82) is 0 Å². The lowest BCUT2D eigenvalue weighted by Crippen LogP contribution is -2.26. The molecule has 0 atom stereocenters. The van der Waals surface area contributed by atoms with Crippen LogP contribution in [0.1, 0.15) is 40.9 Å². The van der Waals surface area contributed by atoms with Crippen LogP contribution in [0.4, 0.5) is 0 Å². The fourth-order valence-electron chi connectivity index (χ4n) is 2.92. The van der Waals surface area contributed by atoms with Gasteiger partial charge in [0.05, 0.1) is 5.60 Å². The molecular weight excluding hydrogens is 290 g/mol. The van der Waals surface area contributed by atoms with Crippen LogP contribution >= 0.6 is 0 Å². The molecule has 0 unspecified atom stereocenters. The maximum Gasteiger partial charge on any atom is 0.254 e. The first kappa shape index (κ1) is 15.6. The first-order valence-electron chi connectivity index (χ1n) is 7.67. The van der Waals surface area contributed by atoms with Crippen LogP contribution in [0.15, 0.2) is 42.5 Å². The minimum Gasteiger partial charge on any atom is -0.508 e. The average Bonchev–Trinajstić information content (AvgIpc) is 2.98. The lowest BCUT2D eigenvalue weighted by Gasteiger charge is -2.25. The molecule has 120 valence electrons. The van der Waals surface area contributed by atoms with E-state index in [0.29, 0.717) is 24.2 Å². The number of methoxy groups -OCH3 is 1. The Morgan fingerprint density at radius 1 is 1.13 bits per heavy atom. The van der Waals surface area contributed by atoms with E-state index in [1.165, 1.54) is 11.1 Å². The van der Waals surface area contributed by atoms with Crippen LogP contribution in [-0.2, 0) is 23.4 Å². The lowest BCUT2D eigenvalue weighted by molar-refractivity contribution is 0.0173. The highest BCUT2D eigenvalue weighted by Gasteiger charge is 2.27. The van der Waals surface area contributed by atoms with Gasteiger partial charge in [-0.25, -0.2) is 0 Å². The quantitative estimate of drug-likeness (QED) is 0.945. The van der Waals surface area contributed by atoms with Crippen LogP contribution in [0.25, 0.3) is 0 Å². The zero-order valence-corrected chi connectivity index (χ0v) is 13.7. The molecule has 3 rings (SSSR count). The molecule has 0 saturated carbocycles. The fourth-order valence-corrected chi connectivity index (χ4v) is 2.92. The maximum absolute atomic E-state index is 12.8. The summed E-state index contributed by atoms with van der Waals surface area (Å²) in [5, 5.41) is 10.1. The third kappa shape index (κ3) is 2.82. The second-order valence-electron chi connectivity index (χ2n) is 6.38. The number of nitrogens with zero attached hydrogens (tertiary/aromatic N) is 1. The number of rotatable bonds is 3. The number of aromatic hydroxyl groups is 1. The molecule has 0 spiro atoms. The van der Waals surface area contributed by atoms with E-state index < -0.39 is 5.60 Å². The van der Waals surface area contributed by atoms with E-state index in [-0.39, 0.29) is 11.7 Å². The Morgan fingerprint density at radius 2 is 1.74 bits per heavy atom. The molecule has 0 bridgehead atoms. The summed E-state index contributed by atoms with van der Waals surface area (Å²) in [6.07, 6.45) is 0. The van der Waals surface area contributed by atoms with Gasteiger partial charge in [0.25, 0.3) is 5.91 Å². The summed E-state index contributed by atoms with van der Waals surface area (Å²) < 4.78 is 5.43. The summed E-state index contributed by atoms with van der Waals surface area (Å²) in [6.45, 7) is 4.97. The van der Waals surface area contributed by atoms with E-state index in [1.807, 2.05) is 30.9 Å². The van der Waals surface area contributed by atoms with E-state index in [9.17, 15) is 9.90 Å². The first-order valence-corrected chi connectivity index (χ1v) is 7.67. The van der Waals surface area contributed by atoms with Crippen molar-refractivity contribution < 1.29 is 14.6 Å². The van der Waals surface area contributed by atoms with Gasteiger partial charge in [-0.3, -0.25) is 4.79 Å². The van der Waals surface area contributed by atoms with Crippen LogP contribution in [0.2, 0.25) is 0 Å². The van der Waals surface area contributed by atoms with E-state index in [2.05, 4.69) is 12.1 Å². The summed E-state index contributed by atoms with van der Waals surface area (Å²) in [7, 11) is 1.59. The molecule has 0 fully saturated rings. The first-order chi connectivity index (χ1) is 10.9. The van der Waals surface area contributed by atoms with Crippen LogP contribution in [-0.4, -0.2) is 23.0 Å². The topological polar surface area (TPSA) is 49.8 Å². The molecule has 1 aliphatic heterocycles. The van der Waals surface area contributed by atoms with Gasteiger partial charge < -0.3 is 14.7 Å². The Kier molecular flexibility index (Phi) is 3.86. The van der Waals surface area contributed by atoms with E-state index >= 15 is 0 Å². The number of hydrogen-bond acceptors (Lipinski definition) is 3. The van der Waals surface area contributed by atoms with Crippen molar-refractivity contribution in [2.24, 2.45) is 0 Å². The predicted octanol–water partition coefficient (Wildman–Crippen LogP) is 3.43. The second-order valence-corrected chi connectivity index (χ2v) is 6.38. The van der Waals surface area contributed by atoms with Crippen molar-refractivity contribution in [2.45, 2.75) is 32.5 Å². The van der Waals surface area contributed by atoms with E-state index in [4.69, 9.17) is 4.74 Å². The average molecular weight is 311 g/mol. The fraction of sp³-hybridized carbons (Fsp3) is 0.316. The van der Waals surface area contributed by atoms with Gasteiger partial charge in [-0.2, -0.15) is 0 Å². The number of phenols is 1. The normalized spacial score (nSPS) is 14.0. The molecule has 4 nitrogen and oxygen atoms in total. The summed E-state index contributed by atoms with van der Waals surface area (Å²) in [4.78, 5) is 14.6. The van der Waals surface area contributed by atoms with E-state index in [0.717, 1.165) is 0 Å². The lowest BCUT2D eigenvalue weighted by atomic mass is 9.94. The Balaban J connectivity index is 1.88. The molecule has 0 saturated heterocycles. The number of fused-ring (bicyclic) bond motifs is 1. The van der Waals surface area contributed by atoms with Crippen molar-refractivity contribution >= 4 is 5.91 Å². The number of carbonyl (C=O) groups is 1. The monoisotopic (exact) mass is 311 g/mol. The Bertz CT molecular complexity index is 727. The number of phenolic OH excluding ortho intramolecular Hbond substituents is 1. The highest BCUT2D eigenvalue weighted by atomic mass is 16.5. The van der Waals surface area contributed by atoms with Gasteiger partial charge in [0, 0.05) is 31.3 Å². The molecule has 2 aromatic rings. The van der Waals surface area contributed by atoms with Crippen molar-refractivity contribution in [1.82, 2.24) is 4.90 Å². The van der Waals surface area contributed by atoms with Gasteiger partial charge in [0.2, 0.25) is 0 Å². The molecule has 1 amide bonds. The molecule has 0 aliphatic carbocycles. The standard InChI is InChI=1S/C19H21NO3/c1-19(2,23-3)16-10-13(8-9-17(16)21)18(22)20-11-14-6-4-5-7-15(14)12-20/h4-10,21H,11-12H2,1-3H3. The van der Waals surface area contributed by atoms with Crippen molar-refractivity contribution in [2.75, 3.05) is 7.11 Å². The SMILES string of the molecule is COC(C)(C)c1cc(C(=O)N2Cc3ccccc3C2)ccc1O. The minimum atomic E-state index is -0.658. The van der Waals surface area contributed by atoms with Gasteiger partial charge in [-0.05, 0) is 43.2 Å². The second kappa shape index (κ2) is 5.70. The Hall–Kier alpha value is -2.33. The van der Waals surface area contributed by atoms with Crippen molar-refractivity contribution in [3.05, 3.63) is 64.7 Å². The molecule has 0 radical (unpaired) electrons. The van der Waals surface area contributed by atoms with Crippen LogP contribution in [0.5, 0.6) is 5.75 Å². The van der Waals surface area contributed by atoms with E-state index in [1.54, 1.807) is 25.3 Å². The molecule has 4 heteroatoms. The molecular formula is C19H21NO3. The van der Waals surface area contributed by atoms with Crippen molar-refractivity contribution in [3.63, 3.8) is 0 Å². The van der Waals surface area contributed by atoms with Gasteiger partial charge in [-0.15, -0.1) is 0 Å². The summed E-state index contributed by atoms with van der Waals surface area (Å²) in [6, 6.07) is 13.0. The summed E-state index contributed by atoms with van der Waals surface area (Å²) in [5.41, 5.74) is 2.90. The zero-order valence-electron chi connectivity index (χ0n) is 13.7. The zero-order chi connectivity index (χ0) is 16.6. The predicted molar refractivity (Wildman–Crippen MR) is 88.2 cm³/mol. The molecule has 1 heterocycles. The van der Waals surface area contributed by atoms with Crippen LogP contribution < -0.4 is 0 Å². The number of hydrogen-bond donors (Lipinski definition) is 1. The number of benzene rings is 2. The Morgan fingerprint density at radius 3 is 2.30 bits per heavy atom. The number of carbonyl (C=O) groups excluding carboxylic acids is 1. The van der Waals surface area contributed by atoms with Gasteiger partial charge in [0.15, 0.2) is 0 Å². The van der Waals surface area contributed by atoms with Gasteiger partial charge >= 0.3 is 0 Å². The highest BCUT2D eigenvalue weighted by Crippen LogP contribution is 2.33. The van der Waals surface area contributed by atoms with Crippen LogP contribution in [0.3, 0.4) is 0 Å². The third-order valence-electron chi connectivity index (χ3n) is 4.53. The van der Waals surface area contributed by atoms with Gasteiger partial charge in [0.1, 0.15) is 5.75 Å². The molecule has 1 N–H and O–H groups in total. The molecule has 1 aliphatic rings. The van der Waals surface area contributed by atoms with Gasteiger partial charge in [-0.1, -0.05) is 24.3 Å². The van der Waals surface area contributed by atoms with Crippen molar-refractivity contribution in [3.8, 4) is 5.75 Å².